The lowest BCUT2D eigenvalue weighted by molar-refractivity contribution is -0.116. The van der Waals surface area contributed by atoms with Crippen LogP contribution in [-0.2, 0) is 4.79 Å². The highest BCUT2D eigenvalue weighted by atomic mass is 79.9. The van der Waals surface area contributed by atoms with Crippen LogP contribution in [0.25, 0.3) is 0 Å². The number of nitrogens with one attached hydrogen (secondary N) is 1. The molecule has 74 valence electrons. The largest absolute Gasteiger partial charge is 0.345 e. The van der Waals surface area contributed by atoms with E-state index < -0.39 is 0 Å². The number of halogens is 1. The van der Waals surface area contributed by atoms with Crippen LogP contribution in [0.15, 0.2) is 0 Å². The van der Waals surface area contributed by atoms with E-state index in [2.05, 4.69) is 59.7 Å². The van der Waals surface area contributed by atoms with Gasteiger partial charge in [-0.2, -0.15) is 0 Å². The zero-order valence-corrected chi connectivity index (χ0v) is 10.2. The Balaban J connectivity index is 4.00. The van der Waals surface area contributed by atoms with Crippen molar-refractivity contribution in [2.24, 2.45) is 11.3 Å². The molecule has 0 atom stereocenters. The van der Waals surface area contributed by atoms with Crippen molar-refractivity contribution in [3.8, 4) is 10.8 Å². The molecule has 0 aromatic carbocycles. The summed E-state index contributed by atoms with van der Waals surface area (Å²) >= 11 is 2.88. The van der Waals surface area contributed by atoms with Crippen LogP contribution in [0.3, 0.4) is 0 Å². The van der Waals surface area contributed by atoms with Crippen LogP contribution in [-0.4, -0.2) is 12.5 Å². The SMILES string of the molecule is CC(C)C(C)(C)CNC(=O)C#CBr. The van der Waals surface area contributed by atoms with Crippen molar-refractivity contribution in [3.63, 3.8) is 0 Å². The van der Waals surface area contributed by atoms with Crippen molar-refractivity contribution in [1.29, 1.82) is 0 Å². The Hall–Kier alpha value is -0.490. The molecule has 3 heteroatoms. The highest BCUT2D eigenvalue weighted by Gasteiger charge is 2.22. The first-order valence-electron chi connectivity index (χ1n) is 4.29. The summed E-state index contributed by atoms with van der Waals surface area (Å²) in [6.45, 7) is 9.19. The Morgan fingerprint density at radius 3 is 2.46 bits per heavy atom. The van der Waals surface area contributed by atoms with E-state index in [1.165, 1.54) is 0 Å². The zero-order chi connectivity index (χ0) is 10.5. The summed E-state index contributed by atoms with van der Waals surface area (Å²) in [7, 11) is 0. The third kappa shape index (κ3) is 4.94. The third-order valence-corrected chi connectivity index (χ3v) is 2.63. The Kier molecular flexibility index (Phi) is 5.09. The molecule has 0 heterocycles. The van der Waals surface area contributed by atoms with E-state index >= 15 is 0 Å². The first kappa shape index (κ1) is 12.5. The molecule has 0 aromatic heterocycles. The van der Waals surface area contributed by atoms with Crippen LogP contribution >= 0.6 is 15.9 Å². The van der Waals surface area contributed by atoms with Gasteiger partial charge in [0.25, 0.3) is 5.91 Å². The number of carbonyl (C=O) groups excluding carboxylic acids is 1. The summed E-state index contributed by atoms with van der Waals surface area (Å²) in [5, 5.41) is 2.76. The lowest BCUT2D eigenvalue weighted by Gasteiger charge is -2.28. The molecule has 0 saturated carbocycles. The summed E-state index contributed by atoms with van der Waals surface area (Å²) < 4.78 is 0. The van der Waals surface area contributed by atoms with Gasteiger partial charge < -0.3 is 5.32 Å². The quantitative estimate of drug-likeness (QED) is 0.759. The minimum atomic E-state index is -0.231. The van der Waals surface area contributed by atoms with Gasteiger partial charge in [0.05, 0.1) is 0 Å². The molecule has 1 N–H and O–H groups in total. The molecule has 0 bridgehead atoms. The summed E-state index contributed by atoms with van der Waals surface area (Å²) in [6, 6.07) is 0. The number of rotatable bonds is 3. The zero-order valence-electron chi connectivity index (χ0n) is 8.57. The molecule has 13 heavy (non-hydrogen) atoms. The Bertz CT molecular complexity index is 235. The lowest BCUT2D eigenvalue weighted by Crippen LogP contribution is -2.36. The summed E-state index contributed by atoms with van der Waals surface area (Å²) in [4.78, 5) is 13.4. The van der Waals surface area contributed by atoms with Crippen LogP contribution in [0.1, 0.15) is 27.7 Å². The van der Waals surface area contributed by atoms with E-state index in [1.54, 1.807) is 0 Å². The van der Waals surface area contributed by atoms with Crippen molar-refractivity contribution in [3.05, 3.63) is 0 Å². The fourth-order valence-electron chi connectivity index (χ4n) is 0.599. The lowest BCUT2D eigenvalue weighted by atomic mass is 9.81. The van der Waals surface area contributed by atoms with E-state index in [4.69, 9.17) is 0 Å². The van der Waals surface area contributed by atoms with Crippen LogP contribution in [0.2, 0.25) is 0 Å². The fraction of sp³-hybridized carbons (Fsp3) is 0.700. The van der Waals surface area contributed by atoms with Gasteiger partial charge in [0.1, 0.15) is 0 Å². The number of amides is 1. The van der Waals surface area contributed by atoms with E-state index in [9.17, 15) is 4.79 Å². The van der Waals surface area contributed by atoms with Gasteiger partial charge in [-0.25, -0.2) is 0 Å². The minimum absolute atomic E-state index is 0.115. The monoisotopic (exact) mass is 245 g/mol. The van der Waals surface area contributed by atoms with Gasteiger partial charge in [-0.15, -0.1) is 0 Å². The van der Waals surface area contributed by atoms with Gasteiger partial charge in [0.15, 0.2) is 0 Å². The first-order chi connectivity index (χ1) is 5.90. The minimum Gasteiger partial charge on any atom is -0.345 e. The van der Waals surface area contributed by atoms with E-state index in [0.29, 0.717) is 12.5 Å². The van der Waals surface area contributed by atoms with E-state index in [0.717, 1.165) is 0 Å². The smallest absolute Gasteiger partial charge is 0.296 e. The number of hydrogen-bond acceptors (Lipinski definition) is 1. The Morgan fingerprint density at radius 2 is 2.08 bits per heavy atom. The maximum atomic E-state index is 11.0. The first-order valence-corrected chi connectivity index (χ1v) is 5.09. The molecule has 0 aromatic rings. The summed E-state index contributed by atoms with van der Waals surface area (Å²) in [6.07, 6.45) is 0. The average Bonchev–Trinajstić information content (AvgIpc) is 2.01. The topological polar surface area (TPSA) is 29.1 Å². The normalized spacial score (nSPS) is 10.6. The van der Waals surface area contributed by atoms with Crippen molar-refractivity contribution in [1.82, 2.24) is 5.32 Å². The molecule has 0 aliphatic heterocycles. The standard InChI is InChI=1S/C10H16BrNO/c1-8(2)10(3,4)7-12-9(13)5-6-11/h8H,7H2,1-4H3,(H,12,13). The van der Waals surface area contributed by atoms with Crippen LogP contribution in [0, 0.1) is 22.1 Å². The summed E-state index contributed by atoms with van der Waals surface area (Å²) in [5.74, 6) is 2.67. The molecule has 0 fully saturated rings. The molecular formula is C10H16BrNO. The molecule has 0 aliphatic carbocycles. The molecule has 0 spiro atoms. The van der Waals surface area contributed by atoms with E-state index in [1.807, 2.05) is 0 Å². The molecule has 1 amide bonds. The molecule has 2 nitrogen and oxygen atoms in total. The molecule has 0 saturated heterocycles. The van der Waals surface area contributed by atoms with Gasteiger partial charge in [0.2, 0.25) is 0 Å². The molecule has 0 radical (unpaired) electrons. The maximum Gasteiger partial charge on any atom is 0.296 e. The van der Waals surface area contributed by atoms with Crippen molar-refractivity contribution >= 4 is 21.8 Å². The third-order valence-electron chi connectivity index (χ3n) is 2.43. The Labute approximate surface area is 88.6 Å². The Morgan fingerprint density at radius 1 is 1.54 bits per heavy atom. The molecular weight excluding hydrogens is 230 g/mol. The fourth-order valence-corrected chi connectivity index (χ4v) is 0.779. The second kappa shape index (κ2) is 5.29. The predicted molar refractivity (Wildman–Crippen MR) is 58.3 cm³/mol. The maximum absolute atomic E-state index is 11.0. The van der Waals surface area contributed by atoms with Crippen molar-refractivity contribution in [2.75, 3.05) is 6.54 Å². The van der Waals surface area contributed by atoms with Crippen LogP contribution < -0.4 is 5.32 Å². The van der Waals surface area contributed by atoms with Gasteiger partial charge >= 0.3 is 0 Å². The highest BCUT2D eigenvalue weighted by molar-refractivity contribution is 9.12. The van der Waals surface area contributed by atoms with E-state index in [-0.39, 0.29) is 11.3 Å². The van der Waals surface area contributed by atoms with Gasteiger partial charge in [-0.05, 0) is 16.2 Å². The van der Waals surface area contributed by atoms with Crippen LogP contribution in [0.5, 0.6) is 0 Å². The van der Waals surface area contributed by atoms with Gasteiger partial charge in [0, 0.05) is 28.4 Å². The summed E-state index contributed by atoms with van der Waals surface area (Å²) in [5.41, 5.74) is 0.115. The second-order valence-electron chi connectivity index (χ2n) is 4.05. The highest BCUT2D eigenvalue weighted by Crippen LogP contribution is 2.24. The van der Waals surface area contributed by atoms with Crippen molar-refractivity contribution in [2.45, 2.75) is 27.7 Å². The van der Waals surface area contributed by atoms with Crippen LogP contribution in [0.4, 0.5) is 0 Å². The molecule has 0 unspecified atom stereocenters. The number of hydrogen-bond donors (Lipinski definition) is 1. The number of carbonyl (C=O) groups is 1. The van der Waals surface area contributed by atoms with Gasteiger partial charge in [-0.3, -0.25) is 4.79 Å². The van der Waals surface area contributed by atoms with Crippen molar-refractivity contribution < 1.29 is 4.79 Å². The van der Waals surface area contributed by atoms with Gasteiger partial charge in [-0.1, -0.05) is 27.7 Å². The molecule has 0 rings (SSSR count). The average molecular weight is 246 g/mol. The predicted octanol–water partition coefficient (Wildman–Crippen LogP) is 2.14. The second-order valence-corrected chi connectivity index (χ2v) is 4.44. The molecule has 0 aliphatic rings.